The Hall–Kier alpha value is -0.610. The van der Waals surface area contributed by atoms with Gasteiger partial charge in [0, 0.05) is 23.3 Å². The quantitative estimate of drug-likeness (QED) is 0.892. The van der Waals surface area contributed by atoms with Crippen LogP contribution < -0.4 is 10.6 Å². The number of pyridine rings is 1. The van der Waals surface area contributed by atoms with Crippen LogP contribution in [0.25, 0.3) is 0 Å². The number of aromatic nitrogens is 1. The predicted octanol–water partition coefficient (Wildman–Crippen LogP) is 2.71. The van der Waals surface area contributed by atoms with E-state index in [-0.39, 0.29) is 0 Å². The van der Waals surface area contributed by atoms with Crippen LogP contribution in [0, 0.1) is 6.92 Å². The average Bonchev–Trinajstić information content (AvgIpc) is 2.76. The van der Waals surface area contributed by atoms with Gasteiger partial charge in [0.25, 0.3) is 0 Å². The highest BCUT2D eigenvalue weighted by atomic mass is 79.9. The van der Waals surface area contributed by atoms with Crippen molar-refractivity contribution in [2.75, 3.05) is 18.4 Å². The van der Waals surface area contributed by atoms with Gasteiger partial charge < -0.3 is 10.6 Å². The minimum absolute atomic E-state index is 0.698. The molecule has 0 saturated carbocycles. The molecule has 1 fully saturated rings. The lowest BCUT2D eigenvalue weighted by molar-refractivity contribution is 0.574. The van der Waals surface area contributed by atoms with Crippen molar-refractivity contribution < 1.29 is 0 Å². The van der Waals surface area contributed by atoms with Crippen LogP contribution in [0.1, 0.15) is 24.8 Å². The summed E-state index contributed by atoms with van der Waals surface area (Å²) < 4.78 is 1.07. The second-order valence-electron chi connectivity index (χ2n) is 4.33. The van der Waals surface area contributed by atoms with Gasteiger partial charge in [0.15, 0.2) is 0 Å². The van der Waals surface area contributed by atoms with Crippen molar-refractivity contribution in [2.45, 2.75) is 32.2 Å². The summed E-state index contributed by atoms with van der Waals surface area (Å²) in [4.78, 5) is 4.32. The van der Waals surface area contributed by atoms with Crippen molar-refractivity contribution in [1.82, 2.24) is 10.3 Å². The first-order valence-electron chi connectivity index (χ1n) is 5.85. The molecule has 0 aliphatic carbocycles. The Labute approximate surface area is 105 Å². The number of anilines is 1. The topological polar surface area (TPSA) is 37.0 Å². The highest BCUT2D eigenvalue weighted by Crippen LogP contribution is 2.17. The highest BCUT2D eigenvalue weighted by molar-refractivity contribution is 9.10. The van der Waals surface area contributed by atoms with Gasteiger partial charge in [0.05, 0.1) is 0 Å². The minimum atomic E-state index is 0.698. The molecule has 0 aromatic carbocycles. The summed E-state index contributed by atoms with van der Waals surface area (Å²) in [6, 6.07) is 2.77. The smallest absolute Gasteiger partial charge is 0.126 e. The summed E-state index contributed by atoms with van der Waals surface area (Å²) in [5, 5.41) is 6.86. The molecule has 2 N–H and O–H groups in total. The van der Waals surface area contributed by atoms with E-state index in [1.54, 1.807) is 0 Å². The molecule has 2 heterocycles. The molecule has 0 amide bonds. The molecule has 4 heteroatoms. The molecule has 0 unspecified atom stereocenters. The van der Waals surface area contributed by atoms with E-state index in [1.807, 2.05) is 6.20 Å². The van der Waals surface area contributed by atoms with Gasteiger partial charge in [-0.2, -0.15) is 0 Å². The number of halogens is 1. The number of nitrogens with zero attached hydrogens (tertiary/aromatic N) is 1. The molecule has 0 bridgehead atoms. The fraction of sp³-hybridized carbons (Fsp3) is 0.583. The summed E-state index contributed by atoms with van der Waals surface area (Å²) in [5.74, 6) is 0.971. The van der Waals surface area contributed by atoms with Crippen molar-refractivity contribution >= 4 is 21.7 Å². The van der Waals surface area contributed by atoms with Crippen LogP contribution in [0.4, 0.5) is 5.82 Å². The molecule has 88 valence electrons. The van der Waals surface area contributed by atoms with E-state index in [9.17, 15) is 0 Å². The Bertz CT molecular complexity index is 348. The Morgan fingerprint density at radius 2 is 2.50 bits per heavy atom. The number of hydrogen-bond donors (Lipinski definition) is 2. The van der Waals surface area contributed by atoms with E-state index in [4.69, 9.17) is 0 Å². The standard InChI is InChI=1S/C12H18BrN3/c1-9-7-12(16-8-11(9)13)15-6-4-10-3-2-5-14-10/h7-8,10,14H,2-6H2,1H3,(H,15,16)/t10-/m0/s1. The molecule has 1 atom stereocenters. The second-order valence-corrected chi connectivity index (χ2v) is 5.18. The first-order valence-corrected chi connectivity index (χ1v) is 6.64. The average molecular weight is 284 g/mol. The monoisotopic (exact) mass is 283 g/mol. The van der Waals surface area contributed by atoms with Crippen LogP contribution in [-0.2, 0) is 0 Å². The van der Waals surface area contributed by atoms with E-state index < -0.39 is 0 Å². The fourth-order valence-electron chi connectivity index (χ4n) is 2.01. The van der Waals surface area contributed by atoms with E-state index >= 15 is 0 Å². The van der Waals surface area contributed by atoms with Crippen LogP contribution in [-0.4, -0.2) is 24.1 Å². The van der Waals surface area contributed by atoms with Gasteiger partial charge in [-0.3, -0.25) is 0 Å². The molecule has 0 radical (unpaired) electrons. The Morgan fingerprint density at radius 1 is 1.62 bits per heavy atom. The lowest BCUT2D eigenvalue weighted by atomic mass is 10.1. The van der Waals surface area contributed by atoms with Gasteiger partial charge in [0.2, 0.25) is 0 Å². The van der Waals surface area contributed by atoms with Crippen molar-refractivity contribution in [1.29, 1.82) is 0 Å². The lowest BCUT2D eigenvalue weighted by Crippen LogP contribution is -2.24. The largest absolute Gasteiger partial charge is 0.370 e. The molecular weight excluding hydrogens is 266 g/mol. The van der Waals surface area contributed by atoms with Crippen molar-refractivity contribution in [3.63, 3.8) is 0 Å². The number of hydrogen-bond acceptors (Lipinski definition) is 3. The molecule has 1 aromatic heterocycles. The van der Waals surface area contributed by atoms with Gasteiger partial charge in [-0.25, -0.2) is 4.98 Å². The SMILES string of the molecule is Cc1cc(NCC[C@@H]2CCCN2)ncc1Br. The highest BCUT2D eigenvalue weighted by Gasteiger charge is 2.12. The lowest BCUT2D eigenvalue weighted by Gasteiger charge is -2.11. The molecule has 16 heavy (non-hydrogen) atoms. The van der Waals surface area contributed by atoms with E-state index in [1.165, 1.54) is 31.4 Å². The van der Waals surface area contributed by atoms with Crippen molar-refractivity contribution in [3.8, 4) is 0 Å². The van der Waals surface area contributed by atoms with Crippen molar-refractivity contribution in [2.24, 2.45) is 0 Å². The number of aryl methyl sites for hydroxylation is 1. The second kappa shape index (κ2) is 5.64. The van der Waals surface area contributed by atoms with Crippen LogP contribution >= 0.6 is 15.9 Å². The molecule has 1 aliphatic heterocycles. The van der Waals surface area contributed by atoms with Gasteiger partial charge in [-0.15, -0.1) is 0 Å². The first-order chi connectivity index (χ1) is 7.75. The van der Waals surface area contributed by atoms with Crippen LogP contribution in [0.3, 0.4) is 0 Å². The molecule has 1 aliphatic rings. The van der Waals surface area contributed by atoms with Crippen LogP contribution in [0.5, 0.6) is 0 Å². The Morgan fingerprint density at radius 3 is 3.19 bits per heavy atom. The third kappa shape index (κ3) is 3.19. The maximum absolute atomic E-state index is 4.32. The summed E-state index contributed by atoms with van der Waals surface area (Å²) in [6.07, 6.45) is 5.66. The Balaban J connectivity index is 1.78. The van der Waals surface area contributed by atoms with E-state index in [2.05, 4.69) is 44.5 Å². The van der Waals surface area contributed by atoms with Gasteiger partial charge >= 0.3 is 0 Å². The fourth-order valence-corrected chi connectivity index (χ4v) is 2.23. The molecule has 0 spiro atoms. The maximum atomic E-state index is 4.32. The maximum Gasteiger partial charge on any atom is 0.126 e. The van der Waals surface area contributed by atoms with Gasteiger partial charge in [-0.1, -0.05) is 0 Å². The summed E-state index contributed by atoms with van der Waals surface area (Å²) in [6.45, 7) is 4.25. The van der Waals surface area contributed by atoms with Gasteiger partial charge in [-0.05, 0) is 60.3 Å². The molecule has 2 rings (SSSR count). The van der Waals surface area contributed by atoms with Crippen molar-refractivity contribution in [3.05, 3.63) is 22.3 Å². The molecular formula is C12H18BrN3. The zero-order valence-electron chi connectivity index (χ0n) is 9.59. The third-order valence-corrected chi connectivity index (χ3v) is 3.84. The molecule has 3 nitrogen and oxygen atoms in total. The normalized spacial score (nSPS) is 20.0. The summed E-state index contributed by atoms with van der Waals surface area (Å²) in [5.41, 5.74) is 1.22. The number of rotatable bonds is 4. The summed E-state index contributed by atoms with van der Waals surface area (Å²) in [7, 11) is 0. The van der Waals surface area contributed by atoms with E-state index in [0.717, 1.165) is 16.8 Å². The first kappa shape index (κ1) is 11.9. The van der Waals surface area contributed by atoms with Crippen LogP contribution in [0.15, 0.2) is 16.7 Å². The molecule has 1 aromatic rings. The number of nitrogens with one attached hydrogen (secondary N) is 2. The minimum Gasteiger partial charge on any atom is -0.370 e. The zero-order chi connectivity index (χ0) is 11.4. The zero-order valence-corrected chi connectivity index (χ0v) is 11.2. The van der Waals surface area contributed by atoms with Gasteiger partial charge in [0.1, 0.15) is 5.82 Å². The summed E-state index contributed by atoms with van der Waals surface area (Å²) >= 11 is 3.45. The van der Waals surface area contributed by atoms with E-state index in [0.29, 0.717) is 6.04 Å². The third-order valence-electron chi connectivity index (χ3n) is 3.01. The molecule has 1 saturated heterocycles. The Kier molecular flexibility index (Phi) is 4.18. The predicted molar refractivity (Wildman–Crippen MR) is 70.8 cm³/mol. The van der Waals surface area contributed by atoms with Crippen LogP contribution in [0.2, 0.25) is 0 Å².